The quantitative estimate of drug-likeness (QED) is 0.306. The fraction of sp³-hybridized carbons (Fsp3) is 0.438. The van der Waals surface area contributed by atoms with Crippen molar-refractivity contribution >= 4 is 45.8 Å². The van der Waals surface area contributed by atoms with Gasteiger partial charge in [0.1, 0.15) is 6.61 Å². The van der Waals surface area contributed by atoms with Gasteiger partial charge >= 0.3 is 0 Å². The highest BCUT2D eigenvalue weighted by atomic mass is 127. The highest BCUT2D eigenvalue weighted by Gasteiger charge is 2.48. The van der Waals surface area contributed by atoms with E-state index in [0.717, 1.165) is 50.1 Å². The number of allylic oxidation sites excluding steroid dienone is 4. The summed E-state index contributed by atoms with van der Waals surface area (Å²) >= 11 is 8.60. The summed E-state index contributed by atoms with van der Waals surface area (Å²) in [5.74, 6) is 1.01. The van der Waals surface area contributed by atoms with Gasteiger partial charge in [-0.2, -0.15) is 0 Å². The van der Waals surface area contributed by atoms with Crippen molar-refractivity contribution in [3.8, 4) is 11.5 Å². The molecule has 39 heavy (non-hydrogen) atoms. The average Bonchev–Trinajstić information content (AvgIpc) is 2.84. The summed E-state index contributed by atoms with van der Waals surface area (Å²) in [6.45, 7) is 8.89. The maximum Gasteiger partial charge on any atom is 0.174 e. The van der Waals surface area contributed by atoms with Crippen LogP contribution >= 0.6 is 34.2 Å². The molecule has 2 aromatic rings. The van der Waals surface area contributed by atoms with E-state index in [2.05, 4.69) is 55.2 Å². The SMILES string of the molecule is COc1cc(C2C3=C(CC(C)(C)CC3=O)N(C)C3=C2C(=O)CC(C)(C)C3)cc(I)c1OCc1ccccc1Cl. The molecule has 0 atom stereocenters. The normalized spacial score (nSPS) is 20.7. The molecule has 0 N–H and O–H groups in total. The standard InChI is InChI=1S/C32H35ClINO4/c1-31(2)13-22-28(24(36)15-31)27(29-23(35(22)5)14-32(3,4)16-25(29)37)19-11-21(34)30(26(12-19)38-6)39-17-18-9-7-8-10-20(18)33/h7-12,27H,13-17H2,1-6H3. The summed E-state index contributed by atoms with van der Waals surface area (Å²) in [6.07, 6.45) is 2.51. The fourth-order valence-corrected chi connectivity index (χ4v) is 7.28. The minimum Gasteiger partial charge on any atom is -0.493 e. The maximum absolute atomic E-state index is 13.8. The van der Waals surface area contributed by atoms with Crippen LogP contribution in [0.2, 0.25) is 5.02 Å². The number of halogens is 2. The van der Waals surface area contributed by atoms with Crippen LogP contribution in [0.1, 0.15) is 70.4 Å². The highest BCUT2D eigenvalue weighted by Crippen LogP contribution is 2.54. The van der Waals surface area contributed by atoms with E-state index < -0.39 is 5.92 Å². The Morgan fingerprint density at radius 2 is 1.51 bits per heavy atom. The molecule has 0 fully saturated rings. The zero-order valence-corrected chi connectivity index (χ0v) is 26.3. The maximum atomic E-state index is 13.8. The van der Waals surface area contributed by atoms with E-state index in [1.54, 1.807) is 7.11 Å². The first-order valence-electron chi connectivity index (χ1n) is 13.3. The molecular weight excluding hydrogens is 625 g/mol. The van der Waals surface area contributed by atoms with Crippen LogP contribution in [0.15, 0.2) is 58.9 Å². The Morgan fingerprint density at radius 3 is 2.05 bits per heavy atom. The van der Waals surface area contributed by atoms with Crippen LogP contribution in [0.3, 0.4) is 0 Å². The third-order valence-corrected chi connectivity index (χ3v) is 9.26. The second-order valence-electron chi connectivity index (χ2n) is 12.5. The third-order valence-electron chi connectivity index (χ3n) is 8.09. The van der Waals surface area contributed by atoms with Gasteiger partial charge in [0, 0.05) is 58.9 Å². The lowest BCUT2D eigenvalue weighted by atomic mass is 9.64. The Kier molecular flexibility index (Phi) is 7.42. The minimum atomic E-state index is -0.418. The van der Waals surface area contributed by atoms with Crippen LogP contribution in [0.5, 0.6) is 11.5 Å². The second kappa shape index (κ2) is 10.3. The predicted octanol–water partition coefficient (Wildman–Crippen LogP) is 7.85. The number of rotatable bonds is 5. The molecule has 7 heteroatoms. The van der Waals surface area contributed by atoms with Gasteiger partial charge in [-0.1, -0.05) is 57.5 Å². The van der Waals surface area contributed by atoms with E-state index in [0.29, 0.717) is 36.0 Å². The summed E-state index contributed by atoms with van der Waals surface area (Å²) in [4.78, 5) is 29.7. The minimum absolute atomic E-state index is 0.121. The number of hydrogen-bond acceptors (Lipinski definition) is 5. The first kappa shape index (κ1) is 28.2. The molecule has 2 aromatic carbocycles. The van der Waals surface area contributed by atoms with Crippen molar-refractivity contribution in [2.24, 2.45) is 10.8 Å². The van der Waals surface area contributed by atoms with Crippen LogP contribution in [-0.2, 0) is 16.2 Å². The van der Waals surface area contributed by atoms with Gasteiger partial charge in [0.2, 0.25) is 0 Å². The highest BCUT2D eigenvalue weighted by molar-refractivity contribution is 14.1. The Hall–Kier alpha value is -2.32. The van der Waals surface area contributed by atoms with Crippen molar-refractivity contribution in [3.05, 3.63) is 78.7 Å². The molecule has 5 nitrogen and oxygen atoms in total. The number of benzene rings is 2. The number of Topliss-reactive ketones (excluding diaryl/α,β-unsaturated/α-hetero) is 2. The van der Waals surface area contributed by atoms with E-state index >= 15 is 0 Å². The van der Waals surface area contributed by atoms with Crippen molar-refractivity contribution in [2.45, 2.75) is 65.9 Å². The molecule has 0 amide bonds. The molecule has 2 aliphatic carbocycles. The number of carbonyl (C=O) groups is 2. The first-order valence-corrected chi connectivity index (χ1v) is 14.8. The monoisotopic (exact) mass is 659 g/mol. The first-order chi connectivity index (χ1) is 18.3. The van der Waals surface area contributed by atoms with Crippen molar-refractivity contribution in [3.63, 3.8) is 0 Å². The van der Waals surface area contributed by atoms with Gasteiger partial charge in [0.15, 0.2) is 23.1 Å². The number of methoxy groups -OCH3 is 1. The lowest BCUT2D eigenvalue weighted by molar-refractivity contribution is -0.119. The van der Waals surface area contributed by atoms with Gasteiger partial charge in [-0.25, -0.2) is 0 Å². The van der Waals surface area contributed by atoms with Gasteiger partial charge in [0.05, 0.1) is 10.7 Å². The Bertz CT molecular complexity index is 1380. The molecule has 0 bridgehead atoms. The molecule has 3 aliphatic rings. The number of nitrogens with zero attached hydrogens (tertiary/aromatic N) is 1. The zero-order chi connectivity index (χ0) is 28.3. The molecule has 0 saturated carbocycles. The summed E-state index contributed by atoms with van der Waals surface area (Å²) in [7, 11) is 3.64. The summed E-state index contributed by atoms with van der Waals surface area (Å²) < 4.78 is 12.9. The van der Waals surface area contributed by atoms with Gasteiger partial charge in [-0.3, -0.25) is 9.59 Å². The number of ketones is 2. The average molecular weight is 660 g/mol. The van der Waals surface area contributed by atoms with Gasteiger partial charge in [-0.15, -0.1) is 0 Å². The topological polar surface area (TPSA) is 55.8 Å². The van der Waals surface area contributed by atoms with E-state index in [9.17, 15) is 9.59 Å². The van der Waals surface area contributed by atoms with Crippen LogP contribution in [0.4, 0.5) is 0 Å². The van der Waals surface area contributed by atoms with E-state index in [4.69, 9.17) is 21.1 Å². The van der Waals surface area contributed by atoms with E-state index in [1.165, 1.54) is 0 Å². The number of hydrogen-bond donors (Lipinski definition) is 0. The smallest absolute Gasteiger partial charge is 0.174 e. The van der Waals surface area contributed by atoms with Crippen LogP contribution in [0.25, 0.3) is 0 Å². The van der Waals surface area contributed by atoms with Crippen LogP contribution in [0, 0.1) is 14.4 Å². The molecule has 0 saturated heterocycles. The molecule has 0 unspecified atom stereocenters. The van der Waals surface area contributed by atoms with Crippen LogP contribution < -0.4 is 9.47 Å². The Balaban J connectivity index is 1.63. The van der Waals surface area contributed by atoms with E-state index in [-0.39, 0.29) is 22.4 Å². The van der Waals surface area contributed by atoms with Gasteiger partial charge < -0.3 is 14.4 Å². The second-order valence-corrected chi connectivity index (χ2v) is 14.1. The Morgan fingerprint density at radius 1 is 0.949 bits per heavy atom. The molecule has 1 heterocycles. The van der Waals surface area contributed by atoms with Crippen molar-refractivity contribution in [2.75, 3.05) is 14.2 Å². The van der Waals surface area contributed by atoms with Gasteiger partial charge in [0.25, 0.3) is 0 Å². The molecular formula is C32H35ClINO4. The summed E-state index contributed by atoms with van der Waals surface area (Å²) in [5.41, 5.74) is 5.09. The molecule has 0 spiro atoms. The molecule has 0 radical (unpaired) electrons. The predicted molar refractivity (Wildman–Crippen MR) is 162 cm³/mol. The fourth-order valence-electron chi connectivity index (χ4n) is 6.31. The largest absolute Gasteiger partial charge is 0.493 e. The van der Waals surface area contributed by atoms with Gasteiger partial charge in [-0.05, 0) is 70.0 Å². The molecule has 1 aliphatic heterocycles. The van der Waals surface area contributed by atoms with Crippen molar-refractivity contribution in [1.29, 1.82) is 0 Å². The number of ether oxygens (including phenoxy) is 2. The van der Waals surface area contributed by atoms with Crippen molar-refractivity contribution < 1.29 is 19.1 Å². The number of carbonyl (C=O) groups excluding carboxylic acids is 2. The van der Waals surface area contributed by atoms with E-state index in [1.807, 2.05) is 43.4 Å². The van der Waals surface area contributed by atoms with Crippen LogP contribution in [-0.4, -0.2) is 30.6 Å². The molecule has 206 valence electrons. The zero-order valence-electron chi connectivity index (χ0n) is 23.4. The molecule has 5 rings (SSSR count). The third kappa shape index (κ3) is 5.26. The lowest BCUT2D eigenvalue weighted by Gasteiger charge is -2.48. The summed E-state index contributed by atoms with van der Waals surface area (Å²) in [5, 5.41) is 0.644. The lowest BCUT2D eigenvalue weighted by Crippen LogP contribution is -2.43. The Labute approximate surface area is 249 Å². The molecule has 0 aromatic heterocycles. The van der Waals surface area contributed by atoms with Crippen molar-refractivity contribution in [1.82, 2.24) is 4.90 Å². The summed E-state index contributed by atoms with van der Waals surface area (Å²) in [6, 6.07) is 11.6.